The van der Waals surface area contributed by atoms with Gasteiger partial charge in [-0.1, -0.05) is 30.3 Å². The summed E-state index contributed by atoms with van der Waals surface area (Å²) in [5.74, 6) is -2.33. The molecule has 3 aromatic rings. The first kappa shape index (κ1) is 28.2. The van der Waals surface area contributed by atoms with Gasteiger partial charge in [-0.25, -0.2) is 9.59 Å². The van der Waals surface area contributed by atoms with Crippen molar-refractivity contribution < 1.29 is 33.5 Å². The number of nitro benzene ring substituents is 1. The molecular weight excluding hydrogens is 532 g/mol. The third kappa shape index (κ3) is 5.50. The molecule has 0 aliphatic carbocycles. The molecule has 4 rings (SSSR count). The number of nitrogens with two attached hydrogens (primary N) is 1. The quantitative estimate of drug-likeness (QED) is 0.239. The van der Waals surface area contributed by atoms with Crippen molar-refractivity contribution in [2.24, 2.45) is 5.73 Å². The van der Waals surface area contributed by atoms with Crippen molar-refractivity contribution in [1.82, 2.24) is 0 Å². The van der Waals surface area contributed by atoms with Crippen molar-refractivity contribution in [2.75, 3.05) is 26.2 Å². The van der Waals surface area contributed by atoms with E-state index in [0.717, 1.165) is 25.2 Å². The summed E-state index contributed by atoms with van der Waals surface area (Å²) in [6.45, 7) is 0. The highest BCUT2D eigenvalue weighted by Gasteiger charge is 2.43. The highest BCUT2D eigenvalue weighted by molar-refractivity contribution is 6.06. The van der Waals surface area contributed by atoms with Crippen molar-refractivity contribution in [2.45, 2.75) is 5.92 Å². The third-order valence-electron chi connectivity index (χ3n) is 6.25. The summed E-state index contributed by atoms with van der Waals surface area (Å²) in [4.78, 5) is 38.8. The van der Waals surface area contributed by atoms with Crippen LogP contribution >= 0.6 is 0 Å². The van der Waals surface area contributed by atoms with E-state index in [-0.39, 0.29) is 34.1 Å². The van der Waals surface area contributed by atoms with Gasteiger partial charge in [0.15, 0.2) is 0 Å². The molecule has 2 N–H and O–H groups in total. The smallest absolute Gasteiger partial charge is 0.355 e. The van der Waals surface area contributed by atoms with Crippen LogP contribution in [0.15, 0.2) is 95.5 Å². The average Bonchev–Trinajstić information content (AvgIpc) is 3.00. The van der Waals surface area contributed by atoms with Crippen LogP contribution in [-0.4, -0.2) is 38.2 Å². The molecule has 12 nitrogen and oxygen atoms in total. The van der Waals surface area contributed by atoms with E-state index in [9.17, 15) is 25.0 Å². The van der Waals surface area contributed by atoms with Gasteiger partial charge in [-0.2, -0.15) is 5.26 Å². The van der Waals surface area contributed by atoms with Gasteiger partial charge in [0.2, 0.25) is 0 Å². The predicted molar refractivity (Wildman–Crippen MR) is 146 cm³/mol. The van der Waals surface area contributed by atoms with Gasteiger partial charge in [0, 0.05) is 12.1 Å². The largest absolute Gasteiger partial charge is 0.497 e. The first-order valence-electron chi connectivity index (χ1n) is 12.0. The summed E-state index contributed by atoms with van der Waals surface area (Å²) >= 11 is 0. The molecule has 3 aromatic carbocycles. The van der Waals surface area contributed by atoms with Crippen molar-refractivity contribution in [3.8, 4) is 23.3 Å². The fraction of sp³-hybridized carbons (Fsp3) is 0.138. The van der Waals surface area contributed by atoms with Crippen molar-refractivity contribution in [3.63, 3.8) is 0 Å². The zero-order chi connectivity index (χ0) is 29.7. The Morgan fingerprint density at radius 3 is 2.12 bits per heavy atom. The molecule has 0 bridgehead atoms. The molecule has 0 aromatic heterocycles. The van der Waals surface area contributed by atoms with Gasteiger partial charge in [0.25, 0.3) is 5.69 Å². The second kappa shape index (κ2) is 11.9. The van der Waals surface area contributed by atoms with Gasteiger partial charge in [-0.3, -0.25) is 15.0 Å². The molecule has 0 spiro atoms. The minimum atomic E-state index is -1.09. The predicted octanol–water partition coefficient (Wildman–Crippen LogP) is 4.29. The first-order chi connectivity index (χ1) is 19.7. The van der Waals surface area contributed by atoms with Gasteiger partial charge >= 0.3 is 11.9 Å². The average molecular weight is 557 g/mol. The number of carbonyl (C=O) groups is 2. The minimum Gasteiger partial charge on any atom is -0.497 e. The van der Waals surface area contributed by atoms with E-state index in [4.69, 9.17) is 24.7 Å². The molecule has 0 saturated carbocycles. The molecule has 0 fully saturated rings. The number of allylic oxidation sites excluding steroid dienone is 1. The topological polar surface area (TPSA) is 167 Å². The Balaban J connectivity index is 1.99. The number of non-ortho nitro benzene ring substituents is 1. The summed E-state index contributed by atoms with van der Waals surface area (Å²) in [5.41, 5.74) is 5.84. The summed E-state index contributed by atoms with van der Waals surface area (Å²) in [6, 6.07) is 20.7. The van der Waals surface area contributed by atoms with E-state index < -0.39 is 28.5 Å². The summed E-state index contributed by atoms with van der Waals surface area (Å²) in [7, 11) is 3.73. The highest BCUT2D eigenvalue weighted by Crippen LogP contribution is 2.44. The number of benzene rings is 3. The molecule has 1 unspecified atom stereocenters. The van der Waals surface area contributed by atoms with E-state index in [1.807, 2.05) is 6.07 Å². The molecule has 0 radical (unpaired) electrons. The fourth-order valence-corrected chi connectivity index (χ4v) is 4.42. The Labute approximate surface area is 234 Å². The molecule has 1 aliphatic rings. The summed E-state index contributed by atoms with van der Waals surface area (Å²) in [5, 5.41) is 22.1. The lowest BCUT2D eigenvalue weighted by Gasteiger charge is -2.35. The number of nitro groups is 1. The van der Waals surface area contributed by atoms with Gasteiger partial charge in [0.05, 0.1) is 61.1 Å². The SMILES string of the molecule is COC(=O)C1=C(C(=O)OC)N(c2cc(Oc3ccc(OC)cc3)cc([N+](=O)[O-])c2)C(N)=C(C#N)C1c1ccccc1. The zero-order valence-electron chi connectivity index (χ0n) is 22.2. The number of carbonyl (C=O) groups excluding carboxylic acids is 2. The molecular formula is C29H24N4O8. The normalized spacial score (nSPS) is 14.7. The van der Waals surface area contributed by atoms with Crippen LogP contribution in [0.25, 0.3) is 0 Å². The van der Waals surface area contributed by atoms with Gasteiger partial charge in [0.1, 0.15) is 28.8 Å². The number of rotatable bonds is 8. The maximum Gasteiger partial charge on any atom is 0.355 e. The number of hydrogen-bond donors (Lipinski definition) is 1. The first-order valence-corrected chi connectivity index (χ1v) is 12.0. The lowest BCUT2D eigenvalue weighted by atomic mass is 9.81. The molecule has 1 atom stereocenters. The van der Waals surface area contributed by atoms with Crippen molar-refractivity contribution in [3.05, 3.63) is 111 Å². The molecule has 1 heterocycles. The third-order valence-corrected chi connectivity index (χ3v) is 6.25. The number of ether oxygens (including phenoxy) is 4. The Morgan fingerprint density at radius 2 is 1.56 bits per heavy atom. The summed E-state index contributed by atoms with van der Waals surface area (Å²) < 4.78 is 21.0. The fourth-order valence-electron chi connectivity index (χ4n) is 4.42. The van der Waals surface area contributed by atoms with Crippen LogP contribution in [0.2, 0.25) is 0 Å². The second-order valence-corrected chi connectivity index (χ2v) is 8.56. The lowest BCUT2D eigenvalue weighted by Crippen LogP contribution is -2.40. The van der Waals surface area contributed by atoms with Gasteiger partial charge < -0.3 is 24.7 Å². The maximum atomic E-state index is 13.3. The Hall–Kier alpha value is -5.83. The van der Waals surface area contributed by atoms with E-state index in [1.54, 1.807) is 54.6 Å². The molecule has 0 saturated heterocycles. The van der Waals surface area contributed by atoms with E-state index in [2.05, 4.69) is 0 Å². The highest BCUT2D eigenvalue weighted by atomic mass is 16.6. The molecule has 41 heavy (non-hydrogen) atoms. The number of hydrogen-bond acceptors (Lipinski definition) is 11. The molecule has 12 heteroatoms. The van der Waals surface area contributed by atoms with Crippen molar-refractivity contribution in [1.29, 1.82) is 5.26 Å². The van der Waals surface area contributed by atoms with Crippen LogP contribution in [0, 0.1) is 21.4 Å². The van der Waals surface area contributed by atoms with Crippen LogP contribution in [-0.2, 0) is 19.1 Å². The number of esters is 2. The number of methoxy groups -OCH3 is 3. The monoisotopic (exact) mass is 556 g/mol. The molecule has 1 aliphatic heterocycles. The van der Waals surface area contributed by atoms with E-state index in [0.29, 0.717) is 17.1 Å². The Kier molecular flexibility index (Phi) is 8.19. The Morgan fingerprint density at radius 1 is 0.927 bits per heavy atom. The van der Waals surface area contributed by atoms with Crippen LogP contribution in [0.4, 0.5) is 11.4 Å². The standard InChI is InChI=1S/C29H24N4O8/c1-38-20-9-11-21(12-10-20)41-22-14-18(13-19(15-22)33(36)37)32-26(29(35)40-3)25(28(34)39-2)24(23(16-30)27(32)31)17-7-5-4-6-8-17/h4-15,24H,31H2,1-3H3. The van der Waals surface area contributed by atoms with Gasteiger partial charge in [-0.05, 0) is 29.8 Å². The Bertz CT molecular complexity index is 1610. The molecule has 0 amide bonds. The zero-order valence-corrected chi connectivity index (χ0v) is 22.2. The van der Waals surface area contributed by atoms with E-state index >= 15 is 0 Å². The second-order valence-electron chi connectivity index (χ2n) is 8.56. The van der Waals surface area contributed by atoms with Crippen LogP contribution in [0.3, 0.4) is 0 Å². The van der Waals surface area contributed by atoms with Gasteiger partial charge in [-0.15, -0.1) is 0 Å². The van der Waals surface area contributed by atoms with Crippen LogP contribution in [0.1, 0.15) is 11.5 Å². The number of nitriles is 1. The number of anilines is 1. The maximum absolute atomic E-state index is 13.3. The van der Waals surface area contributed by atoms with E-state index in [1.165, 1.54) is 19.2 Å². The van der Waals surface area contributed by atoms with Crippen LogP contribution < -0.4 is 20.1 Å². The lowest BCUT2D eigenvalue weighted by molar-refractivity contribution is -0.384. The number of nitrogens with zero attached hydrogens (tertiary/aromatic N) is 3. The molecule has 208 valence electrons. The minimum absolute atomic E-state index is 0.0136. The van der Waals surface area contributed by atoms with Crippen molar-refractivity contribution >= 4 is 23.3 Å². The summed E-state index contributed by atoms with van der Waals surface area (Å²) in [6.07, 6.45) is 0. The van der Waals surface area contributed by atoms with Crippen LogP contribution in [0.5, 0.6) is 17.2 Å².